The van der Waals surface area contributed by atoms with Crippen LogP contribution in [0.2, 0.25) is 0 Å². The molecule has 2 nitrogen and oxygen atoms in total. The molecule has 0 aliphatic carbocycles. The molecule has 0 spiro atoms. The van der Waals surface area contributed by atoms with Crippen LogP contribution in [-0.4, -0.2) is 17.9 Å². The van der Waals surface area contributed by atoms with E-state index >= 15 is 0 Å². The molecule has 126 valence electrons. The van der Waals surface area contributed by atoms with E-state index in [0.717, 1.165) is 24.6 Å². The van der Waals surface area contributed by atoms with Gasteiger partial charge in [-0.1, -0.05) is 87.1 Å². The molecular formula is C18H35BrO2. The average molecular weight is 363 g/mol. The van der Waals surface area contributed by atoms with Gasteiger partial charge < -0.3 is 4.74 Å². The molecule has 0 unspecified atom stereocenters. The first-order chi connectivity index (χ1) is 10.3. The van der Waals surface area contributed by atoms with Crippen LogP contribution in [0, 0.1) is 0 Å². The number of unbranched alkanes of at least 4 members (excludes halogenated alkanes) is 11. The van der Waals surface area contributed by atoms with Crippen molar-refractivity contribution in [2.24, 2.45) is 0 Å². The Morgan fingerprint density at radius 2 is 1.24 bits per heavy atom. The quantitative estimate of drug-likeness (QED) is 0.180. The molecule has 0 heterocycles. The highest BCUT2D eigenvalue weighted by molar-refractivity contribution is 9.09. The molecule has 0 aliphatic heterocycles. The zero-order valence-corrected chi connectivity index (χ0v) is 15.6. The summed E-state index contributed by atoms with van der Waals surface area (Å²) in [6, 6.07) is 0. The third kappa shape index (κ3) is 17.9. The van der Waals surface area contributed by atoms with E-state index in [9.17, 15) is 4.79 Å². The maximum Gasteiger partial charge on any atom is 0.305 e. The second-order valence-corrected chi connectivity index (χ2v) is 6.70. The van der Waals surface area contributed by atoms with Crippen LogP contribution in [0.3, 0.4) is 0 Å². The van der Waals surface area contributed by atoms with Gasteiger partial charge in [-0.25, -0.2) is 0 Å². The minimum absolute atomic E-state index is 0.00747. The summed E-state index contributed by atoms with van der Waals surface area (Å²) in [6.07, 6.45) is 17.1. The van der Waals surface area contributed by atoms with Crippen molar-refractivity contribution in [1.29, 1.82) is 0 Å². The molecule has 0 saturated heterocycles. The van der Waals surface area contributed by atoms with E-state index in [-0.39, 0.29) is 5.97 Å². The summed E-state index contributed by atoms with van der Waals surface area (Å²) in [7, 11) is 0. The minimum Gasteiger partial charge on any atom is -0.466 e. The molecule has 0 fully saturated rings. The van der Waals surface area contributed by atoms with Crippen LogP contribution in [-0.2, 0) is 9.53 Å². The standard InChI is InChI=1S/C18H35BrO2/c1-2-3-17-21-18(20)15-13-11-9-7-5-4-6-8-10-12-14-16-19/h2-17H2,1H3. The molecule has 0 aromatic rings. The molecule has 0 saturated carbocycles. The van der Waals surface area contributed by atoms with Gasteiger partial charge in [-0.2, -0.15) is 0 Å². The molecular weight excluding hydrogens is 328 g/mol. The number of esters is 1. The van der Waals surface area contributed by atoms with Crippen LogP contribution in [0.5, 0.6) is 0 Å². The van der Waals surface area contributed by atoms with Gasteiger partial charge in [-0.3, -0.25) is 4.79 Å². The van der Waals surface area contributed by atoms with Gasteiger partial charge >= 0.3 is 5.97 Å². The first-order valence-corrected chi connectivity index (χ1v) is 10.1. The molecule has 0 amide bonds. The fourth-order valence-electron chi connectivity index (χ4n) is 2.36. The van der Waals surface area contributed by atoms with Gasteiger partial charge in [0.2, 0.25) is 0 Å². The first-order valence-electron chi connectivity index (χ1n) is 9.02. The largest absolute Gasteiger partial charge is 0.466 e. The molecule has 0 aromatic carbocycles. The van der Waals surface area contributed by atoms with Crippen molar-refractivity contribution in [2.45, 2.75) is 96.8 Å². The van der Waals surface area contributed by atoms with Gasteiger partial charge in [-0.15, -0.1) is 0 Å². The zero-order chi connectivity index (χ0) is 15.6. The second-order valence-electron chi connectivity index (χ2n) is 5.90. The van der Waals surface area contributed by atoms with Gasteiger partial charge in [0.1, 0.15) is 0 Å². The summed E-state index contributed by atoms with van der Waals surface area (Å²) in [5.74, 6) is -0.00747. The van der Waals surface area contributed by atoms with Crippen LogP contribution in [0.4, 0.5) is 0 Å². The summed E-state index contributed by atoms with van der Waals surface area (Å²) in [4.78, 5) is 11.4. The number of alkyl halides is 1. The average Bonchev–Trinajstić information content (AvgIpc) is 2.48. The van der Waals surface area contributed by atoms with Crippen LogP contribution in [0.25, 0.3) is 0 Å². The summed E-state index contributed by atoms with van der Waals surface area (Å²) in [6.45, 7) is 2.71. The monoisotopic (exact) mass is 362 g/mol. The van der Waals surface area contributed by atoms with Crippen LogP contribution < -0.4 is 0 Å². The van der Waals surface area contributed by atoms with Gasteiger partial charge in [-0.05, 0) is 19.3 Å². The number of hydrogen-bond donors (Lipinski definition) is 0. The smallest absolute Gasteiger partial charge is 0.305 e. The van der Waals surface area contributed by atoms with Crippen LogP contribution >= 0.6 is 15.9 Å². The van der Waals surface area contributed by atoms with Crippen molar-refractivity contribution in [3.63, 3.8) is 0 Å². The Bertz CT molecular complexity index is 219. The summed E-state index contributed by atoms with van der Waals surface area (Å²) in [5.41, 5.74) is 0. The summed E-state index contributed by atoms with van der Waals surface area (Å²) >= 11 is 3.47. The topological polar surface area (TPSA) is 26.3 Å². The Hall–Kier alpha value is -0.0500. The van der Waals surface area contributed by atoms with E-state index in [4.69, 9.17) is 4.74 Å². The van der Waals surface area contributed by atoms with Gasteiger partial charge in [0.05, 0.1) is 6.61 Å². The van der Waals surface area contributed by atoms with E-state index in [2.05, 4.69) is 22.9 Å². The SMILES string of the molecule is CCCCOC(=O)CCCCCCCCCCCCCBr. The molecule has 0 aromatic heterocycles. The predicted octanol–water partition coefficient (Wildman–Crippen LogP) is 6.41. The number of hydrogen-bond acceptors (Lipinski definition) is 2. The van der Waals surface area contributed by atoms with E-state index in [1.165, 1.54) is 64.2 Å². The Morgan fingerprint density at radius 3 is 1.71 bits per heavy atom. The number of carbonyl (C=O) groups is 1. The molecule has 21 heavy (non-hydrogen) atoms. The maximum atomic E-state index is 11.4. The number of ether oxygens (including phenoxy) is 1. The van der Waals surface area contributed by atoms with Crippen molar-refractivity contribution >= 4 is 21.9 Å². The number of halogens is 1. The lowest BCUT2D eigenvalue weighted by Gasteiger charge is -2.04. The van der Waals surface area contributed by atoms with Crippen LogP contribution in [0.15, 0.2) is 0 Å². The van der Waals surface area contributed by atoms with Gasteiger partial charge in [0.25, 0.3) is 0 Å². The third-order valence-electron chi connectivity index (χ3n) is 3.78. The van der Waals surface area contributed by atoms with Gasteiger partial charge in [0.15, 0.2) is 0 Å². The molecule has 0 radical (unpaired) electrons. The highest BCUT2D eigenvalue weighted by Gasteiger charge is 2.01. The summed E-state index contributed by atoms with van der Waals surface area (Å²) < 4.78 is 5.14. The molecule has 0 atom stereocenters. The van der Waals surface area contributed by atoms with Crippen molar-refractivity contribution in [3.8, 4) is 0 Å². The molecule has 0 aliphatic rings. The van der Waals surface area contributed by atoms with Crippen LogP contribution in [0.1, 0.15) is 96.8 Å². The molecule has 0 rings (SSSR count). The maximum absolute atomic E-state index is 11.4. The lowest BCUT2D eigenvalue weighted by molar-refractivity contribution is -0.143. The van der Waals surface area contributed by atoms with E-state index in [1.807, 2.05) is 0 Å². The highest BCUT2D eigenvalue weighted by Crippen LogP contribution is 2.12. The molecule has 0 N–H and O–H groups in total. The van der Waals surface area contributed by atoms with Gasteiger partial charge in [0, 0.05) is 11.8 Å². The number of rotatable bonds is 16. The Morgan fingerprint density at radius 1 is 0.762 bits per heavy atom. The fourth-order valence-corrected chi connectivity index (χ4v) is 2.75. The fraction of sp³-hybridized carbons (Fsp3) is 0.944. The Kier molecular flexibility index (Phi) is 18.0. The Balaban J connectivity index is 3.06. The molecule has 3 heteroatoms. The molecule has 0 bridgehead atoms. The zero-order valence-electron chi connectivity index (χ0n) is 14.0. The van der Waals surface area contributed by atoms with E-state index < -0.39 is 0 Å². The predicted molar refractivity (Wildman–Crippen MR) is 95.1 cm³/mol. The highest BCUT2D eigenvalue weighted by atomic mass is 79.9. The van der Waals surface area contributed by atoms with E-state index in [1.54, 1.807) is 0 Å². The van der Waals surface area contributed by atoms with Crippen molar-refractivity contribution < 1.29 is 9.53 Å². The first kappa shape index (κ1) is 20.9. The lowest BCUT2D eigenvalue weighted by Crippen LogP contribution is -2.05. The minimum atomic E-state index is -0.00747. The van der Waals surface area contributed by atoms with Crippen molar-refractivity contribution in [3.05, 3.63) is 0 Å². The second kappa shape index (κ2) is 18.0. The normalized spacial score (nSPS) is 10.8. The summed E-state index contributed by atoms with van der Waals surface area (Å²) in [5, 5.41) is 1.15. The van der Waals surface area contributed by atoms with Crippen molar-refractivity contribution in [2.75, 3.05) is 11.9 Å². The number of carbonyl (C=O) groups excluding carboxylic acids is 1. The van der Waals surface area contributed by atoms with E-state index in [0.29, 0.717) is 13.0 Å². The Labute approximate surface area is 140 Å². The van der Waals surface area contributed by atoms with Crippen molar-refractivity contribution in [1.82, 2.24) is 0 Å². The lowest BCUT2D eigenvalue weighted by atomic mass is 10.1. The third-order valence-corrected chi connectivity index (χ3v) is 4.34.